The summed E-state index contributed by atoms with van der Waals surface area (Å²) in [6.45, 7) is 2.09. The first-order valence-corrected chi connectivity index (χ1v) is 6.29. The van der Waals surface area contributed by atoms with Crippen molar-refractivity contribution in [2.75, 3.05) is 20.1 Å². The fourth-order valence-corrected chi connectivity index (χ4v) is 2.57. The van der Waals surface area contributed by atoms with E-state index in [9.17, 15) is 4.79 Å². The maximum atomic E-state index is 12.0. The lowest BCUT2D eigenvalue weighted by Crippen LogP contribution is -2.17. The van der Waals surface area contributed by atoms with E-state index in [0.717, 1.165) is 30.6 Å². The summed E-state index contributed by atoms with van der Waals surface area (Å²) in [7, 11) is 2.11. The fraction of sp³-hybridized carbons (Fsp3) is 0.357. The molecule has 1 saturated heterocycles. The van der Waals surface area contributed by atoms with Crippen LogP contribution in [-0.4, -0.2) is 34.8 Å². The molecule has 2 aromatic rings. The summed E-state index contributed by atoms with van der Waals surface area (Å²) in [5.41, 5.74) is 1.73. The van der Waals surface area contributed by atoms with Crippen molar-refractivity contribution in [1.29, 1.82) is 0 Å². The molecule has 1 N–H and O–H groups in total. The van der Waals surface area contributed by atoms with Crippen LogP contribution in [0.3, 0.4) is 0 Å². The molecule has 3 rings (SSSR count). The number of hydrogen-bond donors (Lipinski definition) is 1. The standard InChI is InChI=1S/C14H17N3O/c1-16-8-7-12(9-16)17-10-13(14(18)15-17)11-5-3-2-4-6-11/h2-6,10,12H,7-9H2,1H3,(H,15,18)/t12-/m1/s1. The number of likely N-dealkylation sites (tertiary alicyclic amines) is 1. The Kier molecular flexibility index (Phi) is 2.80. The Bertz CT molecular complexity index is 585. The van der Waals surface area contributed by atoms with Crippen molar-refractivity contribution >= 4 is 0 Å². The Morgan fingerprint density at radius 3 is 2.72 bits per heavy atom. The van der Waals surface area contributed by atoms with E-state index in [2.05, 4.69) is 17.0 Å². The van der Waals surface area contributed by atoms with E-state index in [1.165, 1.54) is 0 Å². The molecule has 1 aromatic heterocycles. The summed E-state index contributed by atoms with van der Waals surface area (Å²) in [5.74, 6) is 0. The van der Waals surface area contributed by atoms with Crippen molar-refractivity contribution in [3.8, 4) is 11.1 Å². The van der Waals surface area contributed by atoms with Gasteiger partial charge < -0.3 is 4.90 Å². The summed E-state index contributed by atoms with van der Waals surface area (Å²) in [6.07, 6.45) is 3.04. The smallest absolute Gasteiger partial charge is 0.271 e. The number of rotatable bonds is 2. The molecule has 0 radical (unpaired) electrons. The van der Waals surface area contributed by atoms with Gasteiger partial charge in [-0.3, -0.25) is 14.6 Å². The van der Waals surface area contributed by atoms with Gasteiger partial charge in [0.15, 0.2) is 0 Å². The van der Waals surface area contributed by atoms with E-state index in [-0.39, 0.29) is 5.56 Å². The molecule has 0 amide bonds. The van der Waals surface area contributed by atoms with E-state index >= 15 is 0 Å². The van der Waals surface area contributed by atoms with Crippen molar-refractivity contribution in [3.05, 3.63) is 46.9 Å². The highest BCUT2D eigenvalue weighted by atomic mass is 16.1. The van der Waals surface area contributed by atoms with Gasteiger partial charge in [0.2, 0.25) is 0 Å². The van der Waals surface area contributed by atoms with Crippen LogP contribution in [0.1, 0.15) is 12.5 Å². The molecular weight excluding hydrogens is 226 g/mol. The van der Waals surface area contributed by atoms with Crippen LogP contribution in [0.15, 0.2) is 41.3 Å². The lowest BCUT2D eigenvalue weighted by molar-refractivity contribution is 0.381. The van der Waals surface area contributed by atoms with Gasteiger partial charge in [-0.15, -0.1) is 0 Å². The molecule has 18 heavy (non-hydrogen) atoms. The molecule has 0 unspecified atom stereocenters. The number of benzene rings is 1. The van der Waals surface area contributed by atoms with Crippen LogP contribution in [0.5, 0.6) is 0 Å². The lowest BCUT2D eigenvalue weighted by Gasteiger charge is -2.11. The number of aromatic amines is 1. The Hall–Kier alpha value is -1.81. The summed E-state index contributed by atoms with van der Waals surface area (Å²) in [4.78, 5) is 14.3. The van der Waals surface area contributed by atoms with Gasteiger partial charge in [-0.05, 0) is 25.6 Å². The van der Waals surface area contributed by atoms with Crippen LogP contribution in [0, 0.1) is 0 Å². The van der Waals surface area contributed by atoms with Gasteiger partial charge in [-0.25, -0.2) is 0 Å². The van der Waals surface area contributed by atoms with E-state index in [1.54, 1.807) is 0 Å². The molecule has 4 heteroatoms. The predicted octanol–water partition coefficient (Wildman–Crippen LogP) is 1.72. The highest BCUT2D eigenvalue weighted by Gasteiger charge is 2.22. The third kappa shape index (κ3) is 1.99. The third-order valence-corrected chi connectivity index (χ3v) is 3.59. The fourth-order valence-electron chi connectivity index (χ4n) is 2.57. The molecule has 1 aromatic carbocycles. The molecule has 2 heterocycles. The average Bonchev–Trinajstić information content (AvgIpc) is 2.97. The van der Waals surface area contributed by atoms with Gasteiger partial charge in [-0.1, -0.05) is 30.3 Å². The Labute approximate surface area is 106 Å². The van der Waals surface area contributed by atoms with Gasteiger partial charge in [0.1, 0.15) is 0 Å². The van der Waals surface area contributed by atoms with Crippen LogP contribution in [-0.2, 0) is 0 Å². The first kappa shape index (κ1) is 11.3. The second-order valence-electron chi connectivity index (χ2n) is 4.96. The first-order valence-electron chi connectivity index (χ1n) is 6.29. The molecule has 0 aliphatic carbocycles. The van der Waals surface area contributed by atoms with Crippen molar-refractivity contribution in [3.63, 3.8) is 0 Å². The van der Waals surface area contributed by atoms with Crippen LogP contribution >= 0.6 is 0 Å². The molecule has 1 fully saturated rings. The zero-order valence-electron chi connectivity index (χ0n) is 10.5. The maximum Gasteiger partial charge on any atom is 0.271 e. The Morgan fingerprint density at radius 1 is 1.28 bits per heavy atom. The van der Waals surface area contributed by atoms with Crippen LogP contribution < -0.4 is 5.56 Å². The molecule has 1 aliphatic heterocycles. The monoisotopic (exact) mass is 243 g/mol. The number of hydrogen-bond acceptors (Lipinski definition) is 2. The largest absolute Gasteiger partial charge is 0.304 e. The molecule has 0 bridgehead atoms. The predicted molar refractivity (Wildman–Crippen MR) is 71.6 cm³/mol. The quantitative estimate of drug-likeness (QED) is 0.872. The molecule has 94 valence electrons. The summed E-state index contributed by atoms with van der Waals surface area (Å²) < 4.78 is 1.97. The Morgan fingerprint density at radius 2 is 2.06 bits per heavy atom. The first-order chi connectivity index (χ1) is 8.74. The van der Waals surface area contributed by atoms with E-state index in [1.807, 2.05) is 41.2 Å². The van der Waals surface area contributed by atoms with Gasteiger partial charge in [-0.2, -0.15) is 0 Å². The number of aromatic nitrogens is 2. The Balaban J connectivity index is 1.94. The van der Waals surface area contributed by atoms with Crippen molar-refractivity contribution in [2.45, 2.75) is 12.5 Å². The van der Waals surface area contributed by atoms with E-state index in [0.29, 0.717) is 6.04 Å². The molecular formula is C14H17N3O. The number of H-pyrrole nitrogens is 1. The normalized spacial score (nSPS) is 20.4. The lowest BCUT2D eigenvalue weighted by atomic mass is 10.1. The number of nitrogens with zero attached hydrogens (tertiary/aromatic N) is 2. The summed E-state index contributed by atoms with van der Waals surface area (Å²) in [5, 5.41) is 2.94. The summed E-state index contributed by atoms with van der Waals surface area (Å²) >= 11 is 0. The number of nitrogens with one attached hydrogen (secondary N) is 1. The molecule has 0 saturated carbocycles. The van der Waals surface area contributed by atoms with E-state index < -0.39 is 0 Å². The topological polar surface area (TPSA) is 41.0 Å². The maximum absolute atomic E-state index is 12.0. The minimum atomic E-state index is -0.00393. The third-order valence-electron chi connectivity index (χ3n) is 3.59. The van der Waals surface area contributed by atoms with Crippen LogP contribution in [0.25, 0.3) is 11.1 Å². The number of likely N-dealkylation sites (N-methyl/N-ethyl adjacent to an activating group) is 1. The zero-order valence-corrected chi connectivity index (χ0v) is 10.5. The van der Waals surface area contributed by atoms with Crippen LogP contribution in [0.4, 0.5) is 0 Å². The van der Waals surface area contributed by atoms with E-state index in [4.69, 9.17) is 0 Å². The van der Waals surface area contributed by atoms with Gasteiger partial charge >= 0.3 is 0 Å². The second kappa shape index (κ2) is 4.46. The minimum Gasteiger partial charge on any atom is -0.304 e. The highest BCUT2D eigenvalue weighted by molar-refractivity contribution is 5.61. The van der Waals surface area contributed by atoms with Gasteiger partial charge in [0.05, 0.1) is 11.6 Å². The molecule has 0 spiro atoms. The van der Waals surface area contributed by atoms with Gasteiger partial charge in [0.25, 0.3) is 5.56 Å². The molecule has 4 nitrogen and oxygen atoms in total. The highest BCUT2D eigenvalue weighted by Crippen LogP contribution is 2.21. The minimum absolute atomic E-state index is 0.00393. The zero-order chi connectivity index (χ0) is 12.5. The van der Waals surface area contributed by atoms with Crippen molar-refractivity contribution in [2.24, 2.45) is 0 Å². The summed E-state index contributed by atoms with van der Waals surface area (Å²) in [6, 6.07) is 10.2. The average molecular weight is 243 g/mol. The molecule has 1 atom stereocenters. The van der Waals surface area contributed by atoms with Gasteiger partial charge in [0, 0.05) is 12.7 Å². The van der Waals surface area contributed by atoms with Crippen molar-refractivity contribution < 1.29 is 0 Å². The van der Waals surface area contributed by atoms with Crippen LogP contribution in [0.2, 0.25) is 0 Å². The molecule has 1 aliphatic rings. The second-order valence-corrected chi connectivity index (χ2v) is 4.96. The SMILES string of the molecule is CN1CC[C@@H](n2cc(-c3ccccc3)c(=O)[nH]2)C1. The van der Waals surface area contributed by atoms with Crippen molar-refractivity contribution in [1.82, 2.24) is 14.7 Å².